The van der Waals surface area contributed by atoms with Crippen LogP contribution in [0.15, 0.2) is 23.9 Å². The molecule has 0 bridgehead atoms. The SMILES string of the molecule is CCN1C(=O)N2Cc3cc(OC)cc(OC)c3C(C)C=C2C12CCN(C(=O)Nc1c(C)nn(C)c1C)CC2. The second kappa shape index (κ2) is 9.56. The molecule has 4 heterocycles. The maximum atomic E-state index is 13.8. The van der Waals surface area contributed by atoms with Gasteiger partial charge in [0.15, 0.2) is 0 Å². The van der Waals surface area contributed by atoms with Crippen LogP contribution in [0.1, 0.15) is 55.1 Å². The number of nitrogens with one attached hydrogen (secondary N) is 1. The van der Waals surface area contributed by atoms with Gasteiger partial charge in [0.05, 0.1) is 43.4 Å². The molecule has 3 aliphatic heterocycles. The van der Waals surface area contributed by atoms with Crippen molar-refractivity contribution in [2.45, 2.75) is 58.5 Å². The van der Waals surface area contributed by atoms with Gasteiger partial charge in [0, 0.05) is 49.9 Å². The van der Waals surface area contributed by atoms with Gasteiger partial charge in [0.25, 0.3) is 0 Å². The number of urea groups is 2. The van der Waals surface area contributed by atoms with Crippen LogP contribution < -0.4 is 14.8 Å². The molecule has 2 saturated heterocycles. The molecule has 2 aromatic rings. The number of hydrogen-bond donors (Lipinski definition) is 1. The van der Waals surface area contributed by atoms with Crippen molar-refractivity contribution in [1.29, 1.82) is 0 Å². The Hall–Kier alpha value is -3.69. The Morgan fingerprint density at radius 3 is 2.47 bits per heavy atom. The van der Waals surface area contributed by atoms with Gasteiger partial charge in [-0.05, 0) is 45.2 Å². The summed E-state index contributed by atoms with van der Waals surface area (Å²) in [6.45, 7) is 10.2. The molecule has 38 heavy (non-hydrogen) atoms. The van der Waals surface area contributed by atoms with E-state index in [1.807, 2.05) is 54.7 Å². The number of likely N-dealkylation sites (N-methyl/N-ethyl adjacent to an activating group) is 1. The van der Waals surface area contributed by atoms with Crippen LogP contribution in [0.4, 0.5) is 15.3 Å². The maximum Gasteiger partial charge on any atom is 0.325 e. The van der Waals surface area contributed by atoms with Crippen molar-refractivity contribution in [3.8, 4) is 11.5 Å². The van der Waals surface area contributed by atoms with Gasteiger partial charge in [-0.2, -0.15) is 5.10 Å². The molecule has 204 valence electrons. The molecule has 2 fully saturated rings. The third-order valence-electron chi connectivity index (χ3n) is 8.53. The van der Waals surface area contributed by atoms with Crippen LogP contribution in [0.25, 0.3) is 0 Å². The number of aromatic nitrogens is 2. The number of carbonyl (C=O) groups excluding carboxylic acids is 2. The van der Waals surface area contributed by atoms with E-state index in [0.29, 0.717) is 44.8 Å². The Balaban J connectivity index is 1.43. The number of nitrogens with zero attached hydrogens (tertiary/aromatic N) is 5. The van der Waals surface area contributed by atoms with Crippen LogP contribution in [-0.2, 0) is 13.6 Å². The van der Waals surface area contributed by atoms with Crippen LogP contribution in [0.5, 0.6) is 11.5 Å². The van der Waals surface area contributed by atoms with Crippen molar-refractivity contribution in [2.24, 2.45) is 7.05 Å². The first kappa shape index (κ1) is 25.9. The summed E-state index contributed by atoms with van der Waals surface area (Å²) in [5, 5.41) is 7.47. The number of methoxy groups -OCH3 is 2. The first-order valence-electron chi connectivity index (χ1n) is 13.3. The fraction of sp³-hybridized carbons (Fsp3) is 0.536. The summed E-state index contributed by atoms with van der Waals surface area (Å²) in [6, 6.07) is 3.80. The zero-order valence-corrected chi connectivity index (χ0v) is 23.4. The lowest BCUT2D eigenvalue weighted by molar-refractivity contribution is 0.106. The van der Waals surface area contributed by atoms with E-state index in [9.17, 15) is 9.59 Å². The number of benzene rings is 1. The standard InChI is InChI=1S/C28H38N6O4/c1-8-34-27(36)33-16-20-14-21(37-6)15-22(38-7)24(20)17(2)13-23(33)28(34)9-11-32(12-10-28)26(35)29-25-18(3)30-31(5)19(25)4/h13-15,17H,8-12,16H2,1-7H3,(H,29,35). The van der Waals surface area contributed by atoms with E-state index in [-0.39, 0.29) is 18.0 Å². The molecule has 3 aliphatic rings. The third kappa shape index (κ3) is 3.88. The summed E-state index contributed by atoms with van der Waals surface area (Å²) in [5.74, 6) is 1.53. The largest absolute Gasteiger partial charge is 0.497 e. The molecule has 1 spiro atoms. The lowest BCUT2D eigenvalue weighted by Gasteiger charge is -2.44. The average Bonchev–Trinajstić information content (AvgIpc) is 3.18. The Kier molecular flexibility index (Phi) is 6.53. The molecule has 10 heteroatoms. The van der Waals surface area contributed by atoms with Gasteiger partial charge in [-0.1, -0.05) is 13.0 Å². The molecule has 0 saturated carbocycles. The Morgan fingerprint density at radius 2 is 1.89 bits per heavy atom. The van der Waals surface area contributed by atoms with Gasteiger partial charge in [-0.3, -0.25) is 9.58 Å². The minimum atomic E-state index is -0.448. The fourth-order valence-corrected chi connectivity index (χ4v) is 6.48. The molecular weight excluding hydrogens is 484 g/mol. The molecule has 0 aliphatic carbocycles. The number of hydrogen-bond acceptors (Lipinski definition) is 5. The van der Waals surface area contributed by atoms with Crippen LogP contribution in [-0.4, -0.2) is 75.9 Å². The quantitative estimate of drug-likeness (QED) is 0.644. The molecular formula is C28H38N6O4. The van der Waals surface area contributed by atoms with E-state index in [1.165, 1.54) is 0 Å². The van der Waals surface area contributed by atoms with Crippen LogP contribution in [0.2, 0.25) is 0 Å². The predicted molar refractivity (Wildman–Crippen MR) is 145 cm³/mol. The van der Waals surface area contributed by atoms with Crippen molar-refractivity contribution in [1.82, 2.24) is 24.5 Å². The minimum Gasteiger partial charge on any atom is -0.497 e. The van der Waals surface area contributed by atoms with E-state index < -0.39 is 5.54 Å². The molecule has 4 amide bonds. The minimum absolute atomic E-state index is 0.0140. The van der Waals surface area contributed by atoms with Gasteiger partial charge < -0.3 is 24.6 Å². The predicted octanol–water partition coefficient (Wildman–Crippen LogP) is 4.38. The molecule has 10 nitrogen and oxygen atoms in total. The van der Waals surface area contributed by atoms with E-state index in [1.54, 1.807) is 18.9 Å². The van der Waals surface area contributed by atoms with Gasteiger partial charge in [0.2, 0.25) is 0 Å². The van der Waals surface area contributed by atoms with Crippen molar-refractivity contribution in [2.75, 3.05) is 39.2 Å². The number of carbonyl (C=O) groups is 2. The number of allylic oxidation sites excluding steroid dienone is 1. The van der Waals surface area contributed by atoms with Gasteiger partial charge >= 0.3 is 12.1 Å². The zero-order chi connectivity index (χ0) is 27.4. The summed E-state index contributed by atoms with van der Waals surface area (Å²) in [5.41, 5.74) is 5.18. The number of fused-ring (bicyclic) bond motifs is 3. The summed E-state index contributed by atoms with van der Waals surface area (Å²) >= 11 is 0. The van der Waals surface area contributed by atoms with Gasteiger partial charge in [-0.25, -0.2) is 9.59 Å². The molecule has 1 atom stereocenters. The Labute approximate surface area is 224 Å². The number of aryl methyl sites for hydroxylation is 2. The van der Waals surface area contributed by atoms with Crippen molar-refractivity contribution >= 4 is 17.7 Å². The highest BCUT2D eigenvalue weighted by Gasteiger charge is 2.55. The normalized spacial score (nSPS) is 20.2. The highest BCUT2D eigenvalue weighted by atomic mass is 16.5. The van der Waals surface area contributed by atoms with E-state index in [0.717, 1.165) is 39.6 Å². The first-order valence-corrected chi connectivity index (χ1v) is 13.3. The highest BCUT2D eigenvalue weighted by Crippen LogP contribution is 2.49. The Bertz CT molecular complexity index is 1310. The summed E-state index contributed by atoms with van der Waals surface area (Å²) in [4.78, 5) is 32.8. The van der Waals surface area contributed by atoms with Crippen LogP contribution >= 0.6 is 0 Å². The second-order valence-electron chi connectivity index (χ2n) is 10.5. The van der Waals surface area contributed by atoms with Crippen molar-refractivity contribution in [3.63, 3.8) is 0 Å². The molecule has 1 N–H and O–H groups in total. The molecule has 0 radical (unpaired) electrons. The van der Waals surface area contributed by atoms with E-state index in [2.05, 4.69) is 23.4 Å². The summed E-state index contributed by atoms with van der Waals surface area (Å²) in [7, 11) is 5.18. The zero-order valence-electron chi connectivity index (χ0n) is 23.4. The molecule has 1 aromatic carbocycles. The van der Waals surface area contributed by atoms with Crippen LogP contribution in [0, 0.1) is 13.8 Å². The smallest absolute Gasteiger partial charge is 0.325 e. The highest BCUT2D eigenvalue weighted by molar-refractivity contribution is 5.91. The van der Waals surface area contributed by atoms with E-state index in [4.69, 9.17) is 9.47 Å². The summed E-state index contributed by atoms with van der Waals surface area (Å²) < 4.78 is 13.0. The first-order chi connectivity index (χ1) is 18.1. The number of ether oxygens (including phenoxy) is 2. The Morgan fingerprint density at radius 1 is 1.18 bits per heavy atom. The molecule has 1 unspecified atom stereocenters. The van der Waals surface area contributed by atoms with Gasteiger partial charge in [-0.15, -0.1) is 0 Å². The van der Waals surface area contributed by atoms with Crippen molar-refractivity contribution < 1.29 is 19.1 Å². The monoisotopic (exact) mass is 522 g/mol. The lowest BCUT2D eigenvalue weighted by atomic mass is 9.82. The number of amides is 4. The summed E-state index contributed by atoms with van der Waals surface area (Å²) in [6.07, 6.45) is 3.58. The number of piperidine rings is 1. The van der Waals surface area contributed by atoms with Gasteiger partial charge in [0.1, 0.15) is 11.5 Å². The van der Waals surface area contributed by atoms with Crippen LogP contribution in [0.3, 0.4) is 0 Å². The fourth-order valence-electron chi connectivity index (χ4n) is 6.48. The third-order valence-corrected chi connectivity index (χ3v) is 8.53. The lowest BCUT2D eigenvalue weighted by Crippen LogP contribution is -2.55. The number of rotatable bonds is 4. The van der Waals surface area contributed by atoms with Crippen molar-refractivity contribution in [3.05, 3.63) is 46.4 Å². The van der Waals surface area contributed by atoms with E-state index >= 15 is 0 Å². The topological polar surface area (TPSA) is 92.2 Å². The number of likely N-dealkylation sites (tertiary alicyclic amines) is 1. The molecule has 5 rings (SSSR count). The molecule has 1 aromatic heterocycles. The number of anilines is 1. The average molecular weight is 523 g/mol. The maximum absolute atomic E-state index is 13.8. The second-order valence-corrected chi connectivity index (χ2v) is 10.5.